The van der Waals surface area contributed by atoms with Gasteiger partial charge in [0.15, 0.2) is 0 Å². The van der Waals surface area contributed by atoms with Crippen molar-refractivity contribution in [2.75, 3.05) is 57.7 Å². The molecule has 0 saturated carbocycles. The molecule has 0 aliphatic carbocycles. The Morgan fingerprint density at radius 3 is 2.34 bits per heavy atom. The van der Waals surface area contributed by atoms with Gasteiger partial charge >= 0.3 is 18.0 Å². The van der Waals surface area contributed by atoms with E-state index in [1.54, 1.807) is 11.8 Å². The van der Waals surface area contributed by atoms with Gasteiger partial charge in [0.2, 0.25) is 5.88 Å². The molecule has 0 aliphatic rings. The second kappa shape index (κ2) is 16.2. The number of carbonyl (C=O) groups is 1. The van der Waals surface area contributed by atoms with Crippen LogP contribution in [-0.2, 0) is 19.0 Å². The normalized spacial score (nSPS) is 12.3. The molecule has 2 aromatic heterocycles. The lowest BCUT2D eigenvalue weighted by molar-refractivity contribution is -0.274. The van der Waals surface area contributed by atoms with Gasteiger partial charge in [0.25, 0.3) is 0 Å². The molecule has 0 fully saturated rings. The fourth-order valence-electron chi connectivity index (χ4n) is 3.26. The van der Waals surface area contributed by atoms with Gasteiger partial charge in [-0.1, -0.05) is 12.1 Å². The minimum atomic E-state index is -4.81. The van der Waals surface area contributed by atoms with Gasteiger partial charge in [0.1, 0.15) is 30.6 Å². The molecular formula is C26H30F3N3O8S. The summed E-state index contributed by atoms with van der Waals surface area (Å²) < 4.78 is 67.7. The molecular weight excluding hydrogens is 571 g/mol. The molecule has 0 amide bonds. The standard InChI is InChI=1S/C26H30F3N3O8S/c27-26(28,29)40-19-3-1-17(2-4-19)20-13-18-16-32-23(14-22(18)39-24(20)33)37-7-5-35-9-11-41-12-10-36-6-8-38-25(34)21(31)15-30/h1-4,13-14,16,21H,5-12,15,30-31H2. The van der Waals surface area contributed by atoms with Crippen molar-refractivity contribution < 1.29 is 46.1 Å². The van der Waals surface area contributed by atoms with Crippen LogP contribution in [0, 0.1) is 0 Å². The Bertz CT molecular complexity index is 1310. The second-order valence-electron chi connectivity index (χ2n) is 8.28. The van der Waals surface area contributed by atoms with E-state index in [1.165, 1.54) is 30.5 Å². The summed E-state index contributed by atoms with van der Waals surface area (Å²) in [6, 6.07) is 7.10. The third-order valence-corrected chi connectivity index (χ3v) is 6.15. The topological polar surface area (TPSA) is 158 Å². The fourth-order valence-corrected chi connectivity index (χ4v) is 3.94. The van der Waals surface area contributed by atoms with Crippen LogP contribution < -0.4 is 26.6 Å². The molecule has 0 aliphatic heterocycles. The first-order valence-electron chi connectivity index (χ1n) is 12.4. The van der Waals surface area contributed by atoms with E-state index in [9.17, 15) is 22.8 Å². The van der Waals surface area contributed by atoms with Crippen LogP contribution in [-0.4, -0.2) is 81.0 Å². The molecule has 1 aromatic carbocycles. The fraction of sp³-hybridized carbons (Fsp3) is 0.423. The number of hydrogen-bond donors (Lipinski definition) is 2. The van der Waals surface area contributed by atoms with E-state index in [0.717, 1.165) is 23.6 Å². The van der Waals surface area contributed by atoms with Crippen molar-refractivity contribution in [1.29, 1.82) is 0 Å². The van der Waals surface area contributed by atoms with Crippen LogP contribution in [0.1, 0.15) is 0 Å². The number of halogens is 3. The maximum Gasteiger partial charge on any atom is 0.573 e. The number of alkyl halides is 3. The van der Waals surface area contributed by atoms with Crippen molar-refractivity contribution in [3.05, 3.63) is 53.0 Å². The van der Waals surface area contributed by atoms with Crippen molar-refractivity contribution in [2.45, 2.75) is 12.4 Å². The maximum atomic E-state index is 12.5. The Labute approximate surface area is 237 Å². The Kier molecular flexibility index (Phi) is 12.7. The Hall–Kier alpha value is -3.37. The lowest BCUT2D eigenvalue weighted by atomic mass is 10.1. The summed E-state index contributed by atoms with van der Waals surface area (Å²) >= 11 is 1.64. The molecule has 4 N–H and O–H groups in total. The minimum absolute atomic E-state index is 0.0311. The number of aromatic nitrogens is 1. The quantitative estimate of drug-likeness (QED) is 0.172. The molecule has 1 atom stereocenters. The molecule has 2 heterocycles. The van der Waals surface area contributed by atoms with E-state index >= 15 is 0 Å². The zero-order chi connectivity index (χ0) is 29.7. The van der Waals surface area contributed by atoms with Crippen LogP contribution in [0.5, 0.6) is 11.6 Å². The summed E-state index contributed by atoms with van der Waals surface area (Å²) in [5.74, 6) is 0.807. The average molecular weight is 602 g/mol. The van der Waals surface area contributed by atoms with Crippen LogP contribution in [0.25, 0.3) is 22.1 Å². The first-order valence-corrected chi connectivity index (χ1v) is 13.6. The first-order chi connectivity index (χ1) is 19.7. The summed E-state index contributed by atoms with van der Waals surface area (Å²) in [6.07, 6.45) is -3.34. The van der Waals surface area contributed by atoms with E-state index in [-0.39, 0.29) is 43.4 Å². The van der Waals surface area contributed by atoms with Gasteiger partial charge in [-0.05, 0) is 23.8 Å². The SMILES string of the molecule is NCC(N)C(=O)OCCOCCSCCOCCOc1cc2oc(=O)c(-c3ccc(OC(F)(F)F)cc3)cc2cn1. The van der Waals surface area contributed by atoms with Gasteiger partial charge in [-0.15, -0.1) is 13.2 Å². The monoisotopic (exact) mass is 601 g/mol. The maximum absolute atomic E-state index is 12.5. The summed E-state index contributed by atoms with van der Waals surface area (Å²) in [7, 11) is 0. The highest BCUT2D eigenvalue weighted by atomic mass is 32.2. The molecule has 41 heavy (non-hydrogen) atoms. The van der Waals surface area contributed by atoms with Crippen LogP contribution >= 0.6 is 11.8 Å². The van der Waals surface area contributed by atoms with Gasteiger partial charge in [0.05, 0.1) is 32.0 Å². The molecule has 0 spiro atoms. The summed E-state index contributed by atoms with van der Waals surface area (Å²) in [4.78, 5) is 28.0. The number of benzene rings is 1. The number of carbonyl (C=O) groups excluding carboxylic acids is 1. The van der Waals surface area contributed by atoms with E-state index in [0.29, 0.717) is 30.8 Å². The molecule has 224 valence electrons. The lowest BCUT2D eigenvalue weighted by Gasteiger charge is -2.10. The van der Waals surface area contributed by atoms with E-state index in [2.05, 4.69) is 9.72 Å². The Balaban J connectivity index is 1.32. The largest absolute Gasteiger partial charge is 0.573 e. The minimum Gasteiger partial charge on any atom is -0.475 e. The number of thioether (sulfide) groups is 1. The lowest BCUT2D eigenvalue weighted by Crippen LogP contribution is -2.39. The van der Waals surface area contributed by atoms with Crippen LogP contribution in [0.15, 0.2) is 51.8 Å². The van der Waals surface area contributed by atoms with Gasteiger partial charge in [0, 0.05) is 35.7 Å². The molecule has 11 nitrogen and oxygen atoms in total. The zero-order valence-corrected chi connectivity index (χ0v) is 22.7. The number of rotatable bonds is 17. The zero-order valence-electron chi connectivity index (χ0n) is 21.9. The molecule has 0 saturated heterocycles. The number of ether oxygens (including phenoxy) is 5. The van der Waals surface area contributed by atoms with Crippen molar-refractivity contribution >= 4 is 28.7 Å². The Morgan fingerprint density at radius 1 is 1.00 bits per heavy atom. The smallest absolute Gasteiger partial charge is 0.475 e. The summed E-state index contributed by atoms with van der Waals surface area (Å²) in [5, 5.41) is 0.511. The highest BCUT2D eigenvalue weighted by molar-refractivity contribution is 7.99. The predicted octanol–water partition coefficient (Wildman–Crippen LogP) is 2.73. The molecule has 1 unspecified atom stereocenters. The van der Waals surface area contributed by atoms with Gasteiger partial charge in [-0.3, -0.25) is 4.79 Å². The average Bonchev–Trinajstić information content (AvgIpc) is 2.94. The van der Waals surface area contributed by atoms with Gasteiger partial charge in [-0.25, -0.2) is 9.78 Å². The number of nitrogens with two attached hydrogens (primary N) is 2. The van der Waals surface area contributed by atoms with Crippen LogP contribution in [0.2, 0.25) is 0 Å². The van der Waals surface area contributed by atoms with Crippen LogP contribution in [0.3, 0.4) is 0 Å². The number of pyridine rings is 1. The number of esters is 1. The van der Waals surface area contributed by atoms with Crippen molar-refractivity contribution in [3.63, 3.8) is 0 Å². The molecule has 3 rings (SSSR count). The number of fused-ring (bicyclic) bond motifs is 1. The highest BCUT2D eigenvalue weighted by Gasteiger charge is 2.31. The summed E-state index contributed by atoms with van der Waals surface area (Å²) in [6.45, 7) is 2.00. The van der Waals surface area contributed by atoms with Crippen LogP contribution in [0.4, 0.5) is 13.2 Å². The number of nitrogens with zero attached hydrogens (tertiary/aromatic N) is 1. The van der Waals surface area contributed by atoms with E-state index in [1.807, 2.05) is 0 Å². The molecule has 3 aromatic rings. The van der Waals surface area contributed by atoms with Gasteiger partial charge < -0.3 is 39.6 Å². The van der Waals surface area contributed by atoms with Crippen molar-refractivity contribution in [1.82, 2.24) is 4.98 Å². The molecule has 15 heteroatoms. The Morgan fingerprint density at radius 2 is 1.68 bits per heavy atom. The molecule has 0 radical (unpaired) electrons. The van der Waals surface area contributed by atoms with E-state index < -0.39 is 29.7 Å². The third kappa shape index (κ3) is 11.2. The van der Waals surface area contributed by atoms with Crippen molar-refractivity contribution in [2.24, 2.45) is 11.5 Å². The first kappa shape index (κ1) is 32.1. The molecule has 0 bridgehead atoms. The highest BCUT2D eigenvalue weighted by Crippen LogP contribution is 2.27. The number of hydrogen-bond acceptors (Lipinski definition) is 12. The third-order valence-electron chi connectivity index (χ3n) is 5.24. The second-order valence-corrected chi connectivity index (χ2v) is 9.50. The summed E-state index contributed by atoms with van der Waals surface area (Å²) in [5.41, 5.74) is 10.8. The van der Waals surface area contributed by atoms with E-state index in [4.69, 9.17) is 34.8 Å². The van der Waals surface area contributed by atoms with Gasteiger partial charge in [-0.2, -0.15) is 11.8 Å². The van der Waals surface area contributed by atoms with Crippen molar-refractivity contribution in [3.8, 4) is 22.8 Å². The predicted molar refractivity (Wildman–Crippen MR) is 145 cm³/mol.